The molecule has 0 aromatic carbocycles. The van der Waals surface area contributed by atoms with Gasteiger partial charge in [0.1, 0.15) is 17.4 Å². The number of carbonyl (C=O) groups is 1. The average molecular weight is 440 g/mol. The lowest BCUT2D eigenvalue weighted by Crippen LogP contribution is -2.40. The molecule has 3 N–H and O–H groups in total. The minimum absolute atomic E-state index is 0.0956. The van der Waals surface area contributed by atoms with E-state index in [4.69, 9.17) is 9.97 Å². The molecule has 1 aliphatic carbocycles. The Labute approximate surface area is 183 Å². The quantitative estimate of drug-likeness (QED) is 0.535. The lowest BCUT2D eigenvalue weighted by molar-refractivity contribution is -0.117. The van der Waals surface area contributed by atoms with Gasteiger partial charge in [0.25, 0.3) is 0 Å². The molecule has 0 spiro atoms. The first-order chi connectivity index (χ1) is 15.1. The van der Waals surface area contributed by atoms with Crippen molar-refractivity contribution < 1.29 is 4.79 Å². The molecule has 31 heavy (non-hydrogen) atoms. The second kappa shape index (κ2) is 8.22. The van der Waals surface area contributed by atoms with Crippen LogP contribution in [0.3, 0.4) is 0 Å². The van der Waals surface area contributed by atoms with Gasteiger partial charge in [0.05, 0.1) is 5.69 Å². The number of nitrogens with one attached hydrogen (secondary N) is 3. The number of rotatable bonds is 6. The Bertz CT molecular complexity index is 1080. The summed E-state index contributed by atoms with van der Waals surface area (Å²) in [6.45, 7) is 4.99. The summed E-state index contributed by atoms with van der Waals surface area (Å²) in [7, 11) is 0. The number of anilines is 4. The van der Waals surface area contributed by atoms with Crippen LogP contribution >= 0.6 is 11.3 Å². The highest BCUT2D eigenvalue weighted by molar-refractivity contribution is 7.13. The molecule has 1 atom stereocenters. The summed E-state index contributed by atoms with van der Waals surface area (Å²) < 4.78 is 0. The maximum absolute atomic E-state index is 12.9. The van der Waals surface area contributed by atoms with Crippen LogP contribution in [0, 0.1) is 0 Å². The zero-order valence-electron chi connectivity index (χ0n) is 17.6. The molecular formula is C20H25N9OS. The number of hydrogen-bond donors (Lipinski definition) is 3. The third kappa shape index (κ3) is 3.97. The first-order valence-corrected chi connectivity index (χ1v) is 11.5. The maximum atomic E-state index is 12.9. The van der Waals surface area contributed by atoms with Crippen LogP contribution in [-0.4, -0.2) is 48.9 Å². The Morgan fingerprint density at radius 1 is 1.29 bits per heavy atom. The molecule has 4 heterocycles. The van der Waals surface area contributed by atoms with Crippen LogP contribution in [0.2, 0.25) is 0 Å². The molecule has 0 unspecified atom stereocenters. The summed E-state index contributed by atoms with van der Waals surface area (Å²) in [5.74, 6) is 2.40. The minimum atomic E-state index is -0.325. The zero-order valence-corrected chi connectivity index (χ0v) is 18.4. The van der Waals surface area contributed by atoms with E-state index in [1.165, 1.54) is 11.3 Å². The molecule has 10 nitrogen and oxygen atoms in total. The highest BCUT2D eigenvalue weighted by Gasteiger charge is 2.34. The fraction of sp³-hybridized carbons (Fsp3) is 0.500. The van der Waals surface area contributed by atoms with Crippen molar-refractivity contribution in [2.75, 3.05) is 22.1 Å². The Morgan fingerprint density at radius 2 is 2.19 bits per heavy atom. The molecule has 5 rings (SSSR count). The molecular weight excluding hydrogens is 414 g/mol. The third-order valence-electron chi connectivity index (χ3n) is 5.79. The number of fused-ring (bicyclic) bond motifs is 1. The molecule has 0 bridgehead atoms. The summed E-state index contributed by atoms with van der Waals surface area (Å²) in [5, 5.41) is 21.9. The Hall–Kier alpha value is -3.08. The summed E-state index contributed by atoms with van der Waals surface area (Å²) >= 11 is 1.31. The van der Waals surface area contributed by atoms with Crippen molar-refractivity contribution in [2.45, 2.75) is 57.9 Å². The second-order valence-corrected chi connectivity index (χ2v) is 9.06. The number of nitrogens with zero attached hydrogens (tertiary/aromatic N) is 6. The van der Waals surface area contributed by atoms with E-state index in [-0.39, 0.29) is 11.9 Å². The van der Waals surface area contributed by atoms with E-state index < -0.39 is 0 Å². The van der Waals surface area contributed by atoms with E-state index in [0.29, 0.717) is 17.0 Å². The lowest BCUT2D eigenvalue weighted by atomic mass is 10.1. The topological polar surface area (TPSA) is 125 Å². The van der Waals surface area contributed by atoms with E-state index in [0.717, 1.165) is 67.2 Å². The van der Waals surface area contributed by atoms with E-state index in [1.807, 2.05) is 11.0 Å². The van der Waals surface area contributed by atoms with Gasteiger partial charge in [-0.2, -0.15) is 10.1 Å². The number of H-pyrrole nitrogens is 1. The van der Waals surface area contributed by atoms with Gasteiger partial charge >= 0.3 is 0 Å². The number of carbonyl (C=O) groups excluding carboxylic acids is 1. The van der Waals surface area contributed by atoms with Crippen LogP contribution in [0.4, 0.5) is 22.7 Å². The van der Waals surface area contributed by atoms with Crippen LogP contribution in [0.5, 0.6) is 0 Å². The van der Waals surface area contributed by atoms with E-state index in [9.17, 15) is 4.79 Å². The average Bonchev–Trinajstić information content (AvgIpc) is 3.53. The van der Waals surface area contributed by atoms with E-state index >= 15 is 0 Å². The molecule has 2 aliphatic rings. The molecule has 11 heteroatoms. The summed E-state index contributed by atoms with van der Waals surface area (Å²) in [5.41, 5.74) is 4.87. The molecule has 1 amide bonds. The third-order valence-corrected chi connectivity index (χ3v) is 6.40. The molecule has 3 aromatic heterocycles. The molecule has 1 aliphatic heterocycles. The van der Waals surface area contributed by atoms with Gasteiger partial charge in [-0.3, -0.25) is 15.2 Å². The van der Waals surface area contributed by atoms with Crippen molar-refractivity contribution in [3.05, 3.63) is 28.5 Å². The number of hydrogen-bond acceptors (Lipinski definition) is 9. The Balaban J connectivity index is 1.42. The first kappa shape index (κ1) is 19.9. The lowest BCUT2D eigenvalue weighted by Gasteiger charge is -2.24. The van der Waals surface area contributed by atoms with Crippen molar-refractivity contribution in [1.82, 2.24) is 30.4 Å². The minimum Gasteiger partial charge on any atom is -0.329 e. The van der Waals surface area contributed by atoms with Crippen LogP contribution in [0.25, 0.3) is 0 Å². The Morgan fingerprint density at radius 3 is 2.97 bits per heavy atom. The van der Waals surface area contributed by atoms with Gasteiger partial charge in [-0.25, -0.2) is 4.98 Å². The van der Waals surface area contributed by atoms with Crippen molar-refractivity contribution in [2.24, 2.45) is 0 Å². The standard InChI is InChI=1S/C20H25N9OS/c1-11(2)14-9-16(27-26-14)23-17-12-5-3-6-13(12)22-19(24-17)29-8-4-7-15(29)18(30)25-20-28-21-10-31-20/h9-11,15H,3-8H2,1-2H3,(H,25,28,30)(H2,22,23,24,26,27)/t15-/m0/s1. The molecule has 0 radical (unpaired) electrons. The highest BCUT2D eigenvalue weighted by atomic mass is 32.1. The fourth-order valence-electron chi connectivity index (χ4n) is 4.16. The van der Waals surface area contributed by atoms with Crippen LogP contribution in [-0.2, 0) is 17.6 Å². The van der Waals surface area contributed by atoms with E-state index in [1.54, 1.807) is 5.51 Å². The molecule has 3 aromatic rings. The van der Waals surface area contributed by atoms with Gasteiger partial charge in [-0.05, 0) is 38.0 Å². The first-order valence-electron chi connectivity index (χ1n) is 10.6. The van der Waals surface area contributed by atoms with Crippen molar-refractivity contribution in [3.63, 3.8) is 0 Å². The van der Waals surface area contributed by atoms with Crippen molar-refractivity contribution >= 4 is 40.0 Å². The van der Waals surface area contributed by atoms with Crippen molar-refractivity contribution in [1.29, 1.82) is 0 Å². The number of aromatic nitrogens is 6. The normalized spacial score (nSPS) is 17.9. The van der Waals surface area contributed by atoms with Gasteiger partial charge < -0.3 is 10.2 Å². The molecule has 1 saturated heterocycles. The molecule has 162 valence electrons. The summed E-state index contributed by atoms with van der Waals surface area (Å²) in [6, 6.07) is 1.69. The smallest absolute Gasteiger partial charge is 0.249 e. The molecule has 1 fully saturated rings. The van der Waals surface area contributed by atoms with E-state index in [2.05, 4.69) is 44.9 Å². The predicted octanol–water partition coefficient (Wildman–Crippen LogP) is 3.01. The molecule has 0 saturated carbocycles. The summed E-state index contributed by atoms with van der Waals surface area (Å²) in [4.78, 5) is 24.6. The zero-order chi connectivity index (χ0) is 21.4. The van der Waals surface area contributed by atoms with Gasteiger partial charge in [-0.15, -0.1) is 10.2 Å². The van der Waals surface area contributed by atoms with Gasteiger partial charge in [0, 0.05) is 23.9 Å². The SMILES string of the molecule is CC(C)c1cc(Nc2nc(N3CCC[C@H]3C(=O)Nc3nncs3)nc3c2CCC3)n[nH]1. The van der Waals surface area contributed by atoms with Crippen LogP contribution in [0.15, 0.2) is 11.6 Å². The maximum Gasteiger partial charge on any atom is 0.249 e. The monoisotopic (exact) mass is 439 g/mol. The highest BCUT2D eigenvalue weighted by Crippen LogP contribution is 2.33. The van der Waals surface area contributed by atoms with Gasteiger partial charge in [-0.1, -0.05) is 25.2 Å². The van der Waals surface area contributed by atoms with Gasteiger partial charge in [0.15, 0.2) is 5.82 Å². The number of amides is 1. The van der Waals surface area contributed by atoms with Gasteiger partial charge in [0.2, 0.25) is 17.0 Å². The van der Waals surface area contributed by atoms with Crippen LogP contribution in [0.1, 0.15) is 56.0 Å². The second-order valence-electron chi connectivity index (χ2n) is 8.22. The van der Waals surface area contributed by atoms with Crippen molar-refractivity contribution in [3.8, 4) is 0 Å². The Kier molecular flexibility index (Phi) is 5.26. The fourth-order valence-corrected chi connectivity index (χ4v) is 4.61. The number of aromatic amines is 1. The predicted molar refractivity (Wildman–Crippen MR) is 119 cm³/mol. The van der Waals surface area contributed by atoms with Crippen LogP contribution < -0.4 is 15.5 Å². The number of aryl methyl sites for hydroxylation is 1. The largest absolute Gasteiger partial charge is 0.329 e. The summed E-state index contributed by atoms with van der Waals surface area (Å²) in [6.07, 6.45) is 4.59.